The van der Waals surface area contributed by atoms with Gasteiger partial charge in [0.25, 0.3) is 0 Å². The first kappa shape index (κ1) is 38.1. The van der Waals surface area contributed by atoms with Crippen molar-refractivity contribution >= 4 is 99.4 Å². The fourth-order valence-electron chi connectivity index (χ4n) is 8.76. The number of rotatable bonds is 3. The van der Waals surface area contributed by atoms with Gasteiger partial charge in [-0.3, -0.25) is 4.57 Å². The summed E-state index contributed by atoms with van der Waals surface area (Å²) in [4.78, 5) is 22.1. The number of hydrogen-bond donors (Lipinski definition) is 1. The van der Waals surface area contributed by atoms with Crippen LogP contribution in [0.5, 0.6) is 0 Å². The zero-order chi connectivity index (χ0) is 43.3. The maximum absolute atomic E-state index is 6.25. The van der Waals surface area contributed by atoms with Gasteiger partial charge in [-0.25, -0.2) is 19.9 Å². The van der Waals surface area contributed by atoms with Crippen molar-refractivity contribution in [3.63, 3.8) is 0 Å². The second kappa shape index (κ2) is 16.0. The minimum absolute atomic E-state index is 0.225. The summed E-state index contributed by atoms with van der Waals surface area (Å²) in [5, 5.41) is 7.14. The molecule has 6 aromatic heterocycles. The van der Waals surface area contributed by atoms with Crippen LogP contribution in [0.3, 0.4) is 0 Å². The van der Waals surface area contributed by atoms with E-state index in [1.54, 1.807) is 0 Å². The fourth-order valence-corrected chi connectivity index (χ4v) is 8.93. The van der Waals surface area contributed by atoms with Crippen LogP contribution in [0.15, 0.2) is 215 Å². The van der Waals surface area contributed by atoms with Crippen LogP contribution in [0.2, 0.25) is 5.28 Å². The highest BCUT2D eigenvalue weighted by Crippen LogP contribution is 2.38. The Morgan fingerprint density at radius 1 is 0.369 bits per heavy atom. The summed E-state index contributed by atoms with van der Waals surface area (Å²) >= 11 is 6.07. The van der Waals surface area contributed by atoms with E-state index in [-0.39, 0.29) is 5.28 Å². The summed E-state index contributed by atoms with van der Waals surface area (Å²) in [6.07, 6.45) is 0. The molecule has 308 valence electrons. The molecule has 0 saturated carbocycles. The van der Waals surface area contributed by atoms with E-state index in [4.69, 9.17) is 30.4 Å². The van der Waals surface area contributed by atoms with Gasteiger partial charge in [0.1, 0.15) is 33.6 Å². The first-order valence-electron chi connectivity index (χ1n) is 21.3. The van der Waals surface area contributed by atoms with Crippen LogP contribution in [0, 0.1) is 0 Å². The van der Waals surface area contributed by atoms with Crippen molar-refractivity contribution in [3.05, 3.63) is 212 Å². The van der Waals surface area contributed by atoms with Crippen molar-refractivity contribution in [3.8, 4) is 28.5 Å². The van der Waals surface area contributed by atoms with Crippen molar-refractivity contribution < 1.29 is 8.83 Å². The Bertz CT molecular complexity index is 3940. The number of nitrogens with one attached hydrogen (secondary N) is 1. The SMILES string of the molecule is Clc1nc(-c2ccccc2)c2oc3ccccc3c2n1.c1ccc(-c2nc(-n3c4ccccc4c4ccccc43)nc3c2oc2ccccc23)cc1.c1ccc2c(c1)[nH]c1ccccc12. The van der Waals surface area contributed by atoms with Crippen LogP contribution < -0.4 is 0 Å². The molecule has 0 saturated heterocycles. The monoisotopic (exact) mass is 858 g/mol. The predicted molar refractivity (Wildman–Crippen MR) is 265 cm³/mol. The van der Waals surface area contributed by atoms with Crippen LogP contribution in [0.1, 0.15) is 0 Å². The van der Waals surface area contributed by atoms with E-state index in [1.807, 2.05) is 91.0 Å². The lowest BCUT2D eigenvalue weighted by Crippen LogP contribution is -2.02. The Kier molecular flexibility index (Phi) is 9.35. The van der Waals surface area contributed by atoms with Crippen molar-refractivity contribution in [2.45, 2.75) is 0 Å². The smallest absolute Gasteiger partial charge is 0.236 e. The molecule has 0 amide bonds. The highest BCUT2D eigenvalue weighted by molar-refractivity contribution is 6.29. The summed E-state index contributed by atoms with van der Waals surface area (Å²) in [5.41, 5.74) is 12.6. The highest BCUT2D eigenvalue weighted by atomic mass is 35.5. The molecule has 8 aromatic carbocycles. The number of fused-ring (bicyclic) bond motifs is 12. The van der Waals surface area contributed by atoms with E-state index in [1.165, 1.54) is 32.6 Å². The van der Waals surface area contributed by atoms with Crippen molar-refractivity contribution in [2.24, 2.45) is 0 Å². The number of halogens is 1. The summed E-state index contributed by atoms with van der Waals surface area (Å²) in [5.74, 6) is 0.639. The Morgan fingerprint density at radius 3 is 1.29 bits per heavy atom. The normalized spacial score (nSPS) is 11.5. The summed E-state index contributed by atoms with van der Waals surface area (Å²) in [6, 6.07) is 69.4. The average molecular weight is 859 g/mol. The van der Waals surface area contributed by atoms with E-state index in [2.05, 4.69) is 135 Å². The maximum Gasteiger partial charge on any atom is 0.236 e. The zero-order valence-corrected chi connectivity index (χ0v) is 35.3. The van der Waals surface area contributed by atoms with Gasteiger partial charge < -0.3 is 13.8 Å². The maximum atomic E-state index is 6.25. The Morgan fingerprint density at radius 2 is 0.769 bits per heavy atom. The molecule has 0 radical (unpaired) electrons. The quantitative estimate of drug-likeness (QED) is 0.178. The summed E-state index contributed by atoms with van der Waals surface area (Å²) in [7, 11) is 0. The largest absolute Gasteiger partial charge is 0.452 e. The van der Waals surface area contributed by atoms with Gasteiger partial charge in [0.05, 0.1) is 11.0 Å². The van der Waals surface area contributed by atoms with Crippen molar-refractivity contribution in [2.75, 3.05) is 0 Å². The molecular formula is C56H35ClN6O2. The van der Waals surface area contributed by atoms with Crippen LogP contribution in [-0.2, 0) is 0 Å². The molecule has 0 fully saturated rings. The van der Waals surface area contributed by atoms with Crippen LogP contribution in [0.25, 0.3) is 116 Å². The zero-order valence-electron chi connectivity index (χ0n) is 34.6. The van der Waals surface area contributed by atoms with E-state index < -0.39 is 0 Å². The third kappa shape index (κ3) is 6.72. The number of aromatic amines is 1. The van der Waals surface area contributed by atoms with Gasteiger partial charge in [-0.1, -0.05) is 158 Å². The van der Waals surface area contributed by atoms with Crippen LogP contribution in [-0.4, -0.2) is 29.5 Å². The molecule has 0 spiro atoms. The molecule has 6 heterocycles. The number of H-pyrrole nitrogens is 1. The van der Waals surface area contributed by atoms with Gasteiger partial charge in [-0.15, -0.1) is 0 Å². The molecule has 65 heavy (non-hydrogen) atoms. The first-order chi connectivity index (χ1) is 32.2. The number of para-hydroxylation sites is 6. The fraction of sp³-hybridized carbons (Fsp3) is 0. The second-order valence-electron chi connectivity index (χ2n) is 15.6. The van der Waals surface area contributed by atoms with Crippen molar-refractivity contribution in [1.82, 2.24) is 29.5 Å². The molecule has 14 aromatic rings. The standard InChI is InChI=1S/C28H17N3O.C16H9ClN2O.C12H9N/c1-2-10-18(11-3-1)25-27-26(21-14-6-9-17-24(21)32-27)30-28(29-25)31-22-15-7-4-12-19(22)20-13-5-8-16-23(20)31;17-16-18-13(10-6-2-1-3-7-10)15-14(19-16)11-8-4-5-9-12(11)20-15;1-3-7-11-9(5-1)10-6-2-4-8-12(10)13-11/h1-17H;1-9H;1-8,13H. The molecule has 0 aliphatic rings. The second-order valence-corrected chi connectivity index (χ2v) is 15.9. The third-order valence-corrected chi connectivity index (χ3v) is 11.9. The Hall–Kier alpha value is -8.59. The molecule has 8 nitrogen and oxygen atoms in total. The van der Waals surface area contributed by atoms with E-state index in [0.717, 1.165) is 66.5 Å². The topological polar surface area (TPSA) is 98.6 Å². The van der Waals surface area contributed by atoms with Gasteiger partial charge in [0, 0.05) is 54.5 Å². The van der Waals surface area contributed by atoms with E-state index in [9.17, 15) is 0 Å². The lowest BCUT2D eigenvalue weighted by molar-refractivity contribution is 0.666. The lowest BCUT2D eigenvalue weighted by Gasteiger charge is -2.09. The molecule has 14 rings (SSSR count). The van der Waals surface area contributed by atoms with E-state index >= 15 is 0 Å². The van der Waals surface area contributed by atoms with Gasteiger partial charge in [0.2, 0.25) is 11.2 Å². The molecule has 1 N–H and O–H groups in total. The minimum Gasteiger partial charge on any atom is -0.452 e. The number of furan rings is 2. The number of aromatic nitrogens is 6. The molecule has 9 heteroatoms. The van der Waals surface area contributed by atoms with Gasteiger partial charge in [-0.2, -0.15) is 0 Å². The van der Waals surface area contributed by atoms with Gasteiger partial charge in [0.15, 0.2) is 11.2 Å². The molecule has 0 aliphatic heterocycles. The third-order valence-electron chi connectivity index (χ3n) is 11.7. The van der Waals surface area contributed by atoms with Gasteiger partial charge >= 0.3 is 0 Å². The van der Waals surface area contributed by atoms with Crippen LogP contribution in [0.4, 0.5) is 0 Å². The molecule has 0 unspecified atom stereocenters. The molecule has 0 bridgehead atoms. The van der Waals surface area contributed by atoms with Crippen molar-refractivity contribution in [1.29, 1.82) is 0 Å². The Labute approximate surface area is 376 Å². The number of hydrogen-bond acceptors (Lipinski definition) is 6. The summed E-state index contributed by atoms with van der Waals surface area (Å²) in [6.45, 7) is 0. The predicted octanol–water partition coefficient (Wildman–Crippen LogP) is 15.2. The summed E-state index contributed by atoms with van der Waals surface area (Å²) < 4.78 is 14.3. The van der Waals surface area contributed by atoms with Crippen LogP contribution >= 0.6 is 11.6 Å². The van der Waals surface area contributed by atoms with Gasteiger partial charge in [-0.05, 0) is 60.1 Å². The molecular weight excluding hydrogens is 824 g/mol. The number of benzene rings is 8. The number of nitrogens with zero attached hydrogens (tertiary/aromatic N) is 5. The Balaban J connectivity index is 0.000000114. The lowest BCUT2D eigenvalue weighted by atomic mass is 10.1. The molecule has 0 aliphatic carbocycles. The molecule has 0 atom stereocenters. The first-order valence-corrected chi connectivity index (χ1v) is 21.6. The minimum atomic E-state index is 0.225. The highest BCUT2D eigenvalue weighted by Gasteiger charge is 2.21. The average Bonchev–Trinajstić information content (AvgIpc) is 4.14. The van der Waals surface area contributed by atoms with E-state index in [0.29, 0.717) is 17.1 Å².